The van der Waals surface area contributed by atoms with Crippen LogP contribution < -0.4 is 0 Å². The standard InChI is InChI=1S/C2H5ClO.H4O5P2/c3-1-2-4;1-6(2)5-7(3)4/h4H,1-2H2;6-7H,(H,1,2)(H,3,4). The van der Waals surface area contributed by atoms with Crippen molar-refractivity contribution in [2.45, 2.75) is 0 Å². The molecule has 0 spiro atoms. The van der Waals surface area contributed by atoms with Crippen molar-refractivity contribution in [1.29, 1.82) is 0 Å². The van der Waals surface area contributed by atoms with Crippen molar-refractivity contribution in [3.8, 4) is 0 Å². The molecule has 0 heterocycles. The van der Waals surface area contributed by atoms with E-state index < -0.39 is 16.5 Å². The quantitative estimate of drug-likeness (QED) is 0.462. The van der Waals surface area contributed by atoms with Gasteiger partial charge in [-0.15, -0.1) is 11.6 Å². The minimum Gasteiger partial charge on any atom is -0.395 e. The van der Waals surface area contributed by atoms with Crippen LogP contribution >= 0.6 is 28.1 Å². The monoisotopic (exact) mass is 226 g/mol. The molecule has 0 fully saturated rings. The van der Waals surface area contributed by atoms with Gasteiger partial charge in [-0.3, -0.25) is 9.13 Å². The summed E-state index contributed by atoms with van der Waals surface area (Å²) in [5.41, 5.74) is 0. The van der Waals surface area contributed by atoms with Crippen LogP contribution in [0.1, 0.15) is 0 Å². The first kappa shape index (κ1) is 14.1. The third kappa shape index (κ3) is 25.0. The first-order valence-corrected chi connectivity index (χ1v) is 5.41. The Kier molecular flexibility index (Phi) is 13.6. The number of aliphatic hydroxyl groups is 1. The molecule has 0 aromatic rings. The van der Waals surface area contributed by atoms with E-state index in [2.05, 4.69) is 4.31 Å². The highest BCUT2D eigenvalue weighted by atomic mass is 35.5. The lowest BCUT2D eigenvalue weighted by Crippen LogP contribution is -1.76. The van der Waals surface area contributed by atoms with E-state index in [0.717, 1.165) is 0 Å². The van der Waals surface area contributed by atoms with E-state index in [1.54, 1.807) is 0 Å². The maximum Gasteiger partial charge on any atom is 0.323 e. The molecule has 11 heavy (non-hydrogen) atoms. The fourth-order valence-corrected chi connectivity index (χ4v) is 0.672. The van der Waals surface area contributed by atoms with Crippen LogP contribution in [0.4, 0.5) is 0 Å². The van der Waals surface area contributed by atoms with Gasteiger partial charge < -0.3 is 14.9 Å². The molecular weight excluding hydrogens is 217 g/mol. The van der Waals surface area contributed by atoms with Gasteiger partial charge in [-0.25, -0.2) is 4.31 Å². The molecule has 9 heteroatoms. The summed E-state index contributed by atoms with van der Waals surface area (Å²) in [5, 5.41) is 7.74. The van der Waals surface area contributed by atoms with Crippen LogP contribution in [-0.4, -0.2) is 27.4 Å². The van der Waals surface area contributed by atoms with E-state index in [1.807, 2.05) is 0 Å². The van der Waals surface area contributed by atoms with Crippen molar-refractivity contribution in [2.75, 3.05) is 12.5 Å². The van der Waals surface area contributed by atoms with Gasteiger partial charge in [0.15, 0.2) is 0 Å². The summed E-state index contributed by atoms with van der Waals surface area (Å²) in [4.78, 5) is 15.4. The average Bonchev–Trinajstić information content (AvgIpc) is 1.85. The maximum absolute atomic E-state index is 9.44. The van der Waals surface area contributed by atoms with E-state index in [9.17, 15) is 9.13 Å². The Hall–Kier alpha value is 0.590. The summed E-state index contributed by atoms with van der Waals surface area (Å²) < 4.78 is 22.3. The second-order valence-electron chi connectivity index (χ2n) is 1.05. The molecule has 0 aromatic carbocycles. The Balaban J connectivity index is 0. The third-order valence-corrected chi connectivity index (χ3v) is 1.83. The van der Waals surface area contributed by atoms with Crippen LogP contribution in [0.15, 0.2) is 0 Å². The molecule has 3 N–H and O–H groups in total. The van der Waals surface area contributed by atoms with Crippen molar-refractivity contribution in [1.82, 2.24) is 0 Å². The van der Waals surface area contributed by atoms with E-state index >= 15 is 0 Å². The zero-order chi connectivity index (χ0) is 9.28. The minimum absolute atomic E-state index is 0.0849. The van der Waals surface area contributed by atoms with Crippen molar-refractivity contribution in [3.05, 3.63) is 0 Å². The van der Waals surface area contributed by atoms with Gasteiger partial charge in [-0.2, -0.15) is 0 Å². The smallest absolute Gasteiger partial charge is 0.323 e. The van der Waals surface area contributed by atoms with Crippen molar-refractivity contribution in [3.63, 3.8) is 0 Å². The van der Waals surface area contributed by atoms with Crippen LogP contribution in [0.25, 0.3) is 0 Å². The molecule has 0 saturated carbocycles. The largest absolute Gasteiger partial charge is 0.395 e. The number of hydrogen-bond acceptors (Lipinski definition) is 4. The number of rotatable bonds is 3. The summed E-state index contributed by atoms with van der Waals surface area (Å²) in [6, 6.07) is 0. The first-order chi connectivity index (χ1) is 5.04. The zero-order valence-electron chi connectivity index (χ0n) is 5.36. The van der Waals surface area contributed by atoms with E-state index in [-0.39, 0.29) is 6.61 Å². The molecule has 0 amide bonds. The van der Waals surface area contributed by atoms with Crippen LogP contribution in [0.3, 0.4) is 0 Å². The molecule has 0 rings (SSSR count). The molecule has 0 aliphatic heterocycles. The predicted molar refractivity (Wildman–Crippen MR) is 41.3 cm³/mol. The van der Waals surface area contributed by atoms with Crippen molar-refractivity contribution < 1.29 is 28.3 Å². The van der Waals surface area contributed by atoms with Crippen LogP contribution in [-0.2, 0) is 13.4 Å². The second kappa shape index (κ2) is 10.6. The minimum atomic E-state index is -3.20. The van der Waals surface area contributed by atoms with Crippen LogP contribution in [0.5, 0.6) is 0 Å². The summed E-state index contributed by atoms with van der Waals surface area (Å²) in [7, 11) is -6.40. The fourth-order valence-electron chi connectivity index (χ4n) is 0.0747. The van der Waals surface area contributed by atoms with Gasteiger partial charge in [0.2, 0.25) is 0 Å². The topological polar surface area (TPSA) is 104 Å². The average molecular weight is 226 g/mol. The van der Waals surface area contributed by atoms with Crippen molar-refractivity contribution >= 4 is 28.1 Å². The summed E-state index contributed by atoms with van der Waals surface area (Å²) in [5.74, 6) is 0.347. The molecular formula is C2H9ClO6P2. The maximum atomic E-state index is 9.44. The van der Waals surface area contributed by atoms with Gasteiger partial charge in [0, 0.05) is 5.88 Å². The highest BCUT2D eigenvalue weighted by Crippen LogP contribution is 2.30. The molecule has 6 nitrogen and oxygen atoms in total. The molecule has 2 unspecified atom stereocenters. The van der Waals surface area contributed by atoms with Gasteiger partial charge >= 0.3 is 16.5 Å². The van der Waals surface area contributed by atoms with Gasteiger partial charge in [-0.1, -0.05) is 0 Å². The van der Waals surface area contributed by atoms with Crippen LogP contribution in [0, 0.1) is 0 Å². The molecule has 70 valence electrons. The Morgan fingerprint density at radius 1 is 1.27 bits per heavy atom. The molecule has 0 saturated heterocycles. The van der Waals surface area contributed by atoms with Gasteiger partial charge in [-0.05, 0) is 0 Å². The van der Waals surface area contributed by atoms with Crippen LogP contribution in [0.2, 0.25) is 0 Å². The second-order valence-corrected chi connectivity index (χ2v) is 3.30. The van der Waals surface area contributed by atoms with Gasteiger partial charge in [0.05, 0.1) is 6.61 Å². The third-order valence-electron chi connectivity index (χ3n) is 0.259. The lowest BCUT2D eigenvalue weighted by Gasteiger charge is -1.86. The molecule has 0 aromatic heterocycles. The Bertz CT molecular complexity index is 114. The SMILES string of the molecule is O=[PH](O)O[PH](=O)O.OCCCl. The van der Waals surface area contributed by atoms with Crippen molar-refractivity contribution in [2.24, 2.45) is 0 Å². The molecule has 0 aliphatic carbocycles. The van der Waals surface area contributed by atoms with E-state index in [0.29, 0.717) is 5.88 Å². The Morgan fingerprint density at radius 3 is 1.55 bits per heavy atom. The molecule has 2 atom stereocenters. The number of halogens is 1. The van der Waals surface area contributed by atoms with E-state index in [4.69, 9.17) is 26.5 Å². The lowest BCUT2D eigenvalue weighted by molar-refractivity contribution is 0.321. The van der Waals surface area contributed by atoms with Gasteiger partial charge in [0.1, 0.15) is 0 Å². The van der Waals surface area contributed by atoms with Gasteiger partial charge in [0.25, 0.3) is 0 Å². The number of alkyl halides is 1. The Labute approximate surface area is 69.7 Å². The van der Waals surface area contributed by atoms with E-state index in [1.165, 1.54) is 0 Å². The fraction of sp³-hybridized carbons (Fsp3) is 1.00. The summed E-state index contributed by atoms with van der Waals surface area (Å²) in [6.45, 7) is 0.0849. The summed E-state index contributed by atoms with van der Waals surface area (Å²) >= 11 is 4.94. The normalized spacial score (nSPS) is 14.5. The highest BCUT2D eigenvalue weighted by molar-refractivity contribution is 7.46. The molecule has 0 bridgehead atoms. The number of aliphatic hydroxyl groups excluding tert-OH is 1. The first-order valence-electron chi connectivity index (χ1n) is 2.35. The Morgan fingerprint density at radius 2 is 1.55 bits per heavy atom. The lowest BCUT2D eigenvalue weighted by atomic mass is 10.9. The number of hydrogen-bond donors (Lipinski definition) is 3. The highest BCUT2D eigenvalue weighted by Gasteiger charge is 1.93. The molecule has 0 aliphatic rings. The predicted octanol–water partition coefficient (Wildman–Crippen LogP) is -0.0155. The zero-order valence-corrected chi connectivity index (χ0v) is 8.11. The molecule has 0 radical (unpaired) electrons. The summed E-state index contributed by atoms with van der Waals surface area (Å²) in [6.07, 6.45) is 0.